The highest BCUT2D eigenvalue weighted by Gasteiger charge is 2.39. The van der Waals surface area contributed by atoms with Gasteiger partial charge in [-0.3, -0.25) is 0 Å². The van der Waals surface area contributed by atoms with Crippen LogP contribution in [0.3, 0.4) is 0 Å². The van der Waals surface area contributed by atoms with Crippen LogP contribution in [-0.4, -0.2) is 27.7 Å². The van der Waals surface area contributed by atoms with Crippen molar-refractivity contribution in [2.45, 2.75) is 38.8 Å². The molecule has 0 amide bonds. The number of nitrogens with zero attached hydrogens (tertiary/aromatic N) is 3. The number of aliphatic hydroxyl groups excluding tert-OH is 1. The number of aromatic nitrogens is 2. The fourth-order valence-electron chi connectivity index (χ4n) is 4.49. The third-order valence-corrected chi connectivity index (χ3v) is 6.71. The third-order valence-electron chi connectivity index (χ3n) is 6.42. The number of nitrogens with two attached hydrogens (primary N) is 1. The van der Waals surface area contributed by atoms with Gasteiger partial charge in [-0.25, -0.2) is 4.98 Å². The zero-order valence-corrected chi connectivity index (χ0v) is 17.1. The van der Waals surface area contributed by atoms with E-state index in [1.807, 2.05) is 6.07 Å². The average Bonchev–Trinajstić information content (AvgIpc) is 3.22. The molecule has 2 heterocycles. The number of aliphatic hydroxyl groups is 1. The summed E-state index contributed by atoms with van der Waals surface area (Å²) in [5.41, 5.74) is 8.09. The van der Waals surface area contributed by atoms with Crippen LogP contribution in [0.25, 0.3) is 0 Å². The topological polar surface area (TPSA) is 117 Å². The molecule has 0 spiro atoms. The number of hydrogen-bond donors (Lipinski definition) is 3. The van der Waals surface area contributed by atoms with Gasteiger partial charge in [0, 0.05) is 19.1 Å². The largest absolute Gasteiger partial charge is 0.485 e. The molecule has 1 unspecified atom stereocenters. The van der Waals surface area contributed by atoms with Gasteiger partial charge in [0.1, 0.15) is 22.8 Å². The van der Waals surface area contributed by atoms with Crippen LogP contribution >= 0.6 is 11.6 Å². The zero-order valence-electron chi connectivity index (χ0n) is 16.4. The van der Waals surface area contributed by atoms with Crippen molar-refractivity contribution in [3.8, 4) is 11.8 Å². The van der Waals surface area contributed by atoms with Crippen molar-refractivity contribution in [1.82, 2.24) is 9.97 Å². The van der Waals surface area contributed by atoms with E-state index in [2.05, 4.69) is 35.2 Å². The van der Waals surface area contributed by atoms with Crippen molar-refractivity contribution >= 4 is 23.4 Å². The highest BCUT2D eigenvalue weighted by Crippen LogP contribution is 2.43. The molecule has 0 saturated heterocycles. The molecule has 1 saturated carbocycles. The Morgan fingerprint density at radius 2 is 2.14 bits per heavy atom. The lowest BCUT2D eigenvalue weighted by atomic mass is 9.92. The van der Waals surface area contributed by atoms with E-state index in [0.29, 0.717) is 35.2 Å². The van der Waals surface area contributed by atoms with E-state index in [9.17, 15) is 5.11 Å². The summed E-state index contributed by atoms with van der Waals surface area (Å²) in [6.45, 7) is 4.51. The Morgan fingerprint density at radius 3 is 2.83 bits per heavy atom. The Labute approximate surface area is 174 Å². The van der Waals surface area contributed by atoms with Gasteiger partial charge in [-0.2, -0.15) is 10.2 Å². The van der Waals surface area contributed by atoms with Gasteiger partial charge in [0.2, 0.25) is 5.95 Å². The number of rotatable bonds is 4. The summed E-state index contributed by atoms with van der Waals surface area (Å²) >= 11 is 6.48. The standard InChI is InChI=1S/C21H24ClN5O2/c1-10-11(2)15(6-14(10)9-28)25-20-18(19(22)26-21(24)27-20)17-7-13-5-12(8-23)3-4-16(13)29-17/h3-5,10-11,14-15,17,28H,6-7,9H2,1-2H3,(H3,24,25,26,27)/t10-,11+,14+,15+,17?/m0/s1. The van der Waals surface area contributed by atoms with Crippen LogP contribution in [0, 0.1) is 29.1 Å². The van der Waals surface area contributed by atoms with E-state index in [0.717, 1.165) is 17.7 Å². The van der Waals surface area contributed by atoms with Gasteiger partial charge >= 0.3 is 0 Å². The molecular weight excluding hydrogens is 390 g/mol. The Bertz CT molecular complexity index is 976. The van der Waals surface area contributed by atoms with Crippen molar-refractivity contribution < 1.29 is 9.84 Å². The molecule has 8 heteroatoms. The van der Waals surface area contributed by atoms with Gasteiger partial charge in [-0.15, -0.1) is 0 Å². The maximum absolute atomic E-state index is 9.66. The number of ether oxygens (including phenoxy) is 1. The second-order valence-electron chi connectivity index (χ2n) is 8.03. The number of nitriles is 1. The van der Waals surface area contributed by atoms with Crippen molar-refractivity contribution in [2.24, 2.45) is 17.8 Å². The number of hydrogen-bond acceptors (Lipinski definition) is 7. The first-order valence-corrected chi connectivity index (χ1v) is 10.2. The summed E-state index contributed by atoms with van der Waals surface area (Å²) in [5.74, 6) is 2.40. The van der Waals surface area contributed by atoms with Crippen molar-refractivity contribution in [2.75, 3.05) is 17.7 Å². The normalized spacial score (nSPS) is 27.9. The van der Waals surface area contributed by atoms with Gasteiger partial charge in [0.15, 0.2) is 0 Å². The fraction of sp³-hybridized carbons (Fsp3) is 0.476. The molecule has 1 aromatic carbocycles. The van der Waals surface area contributed by atoms with Crippen LogP contribution in [0.1, 0.15) is 43.1 Å². The summed E-state index contributed by atoms with van der Waals surface area (Å²) in [7, 11) is 0. The first-order chi connectivity index (χ1) is 13.9. The smallest absolute Gasteiger partial charge is 0.223 e. The molecule has 1 aliphatic carbocycles. The molecule has 2 aliphatic rings. The lowest BCUT2D eigenvalue weighted by Crippen LogP contribution is -2.26. The van der Waals surface area contributed by atoms with Crippen molar-refractivity contribution in [3.63, 3.8) is 0 Å². The van der Waals surface area contributed by atoms with Gasteiger partial charge in [-0.1, -0.05) is 25.4 Å². The molecule has 1 aliphatic heterocycles. The zero-order chi connectivity index (χ0) is 20.7. The number of nitrogen functional groups attached to an aromatic ring is 1. The summed E-state index contributed by atoms with van der Waals surface area (Å²) < 4.78 is 6.11. The van der Waals surface area contributed by atoms with E-state index in [4.69, 9.17) is 27.3 Å². The van der Waals surface area contributed by atoms with Crippen LogP contribution in [0.2, 0.25) is 5.15 Å². The summed E-state index contributed by atoms with van der Waals surface area (Å²) in [5, 5.41) is 22.6. The van der Waals surface area contributed by atoms with Crippen molar-refractivity contribution in [1.29, 1.82) is 5.26 Å². The maximum atomic E-state index is 9.66. The van der Waals surface area contributed by atoms with Crippen LogP contribution < -0.4 is 15.8 Å². The third kappa shape index (κ3) is 3.59. The number of halogens is 1. The predicted molar refractivity (Wildman–Crippen MR) is 111 cm³/mol. The molecule has 7 nitrogen and oxygen atoms in total. The molecule has 152 valence electrons. The first kappa shape index (κ1) is 19.7. The highest BCUT2D eigenvalue weighted by molar-refractivity contribution is 6.30. The minimum atomic E-state index is -0.364. The Balaban J connectivity index is 1.64. The number of fused-ring (bicyclic) bond motifs is 1. The SMILES string of the molecule is C[C@@H]1[C@@H](CO)C[C@@H](Nc2nc(N)nc(Cl)c2C2Cc3cc(C#N)ccc3O2)[C@@H]1C. The summed E-state index contributed by atoms with van der Waals surface area (Å²) in [6.07, 6.45) is 1.05. The summed E-state index contributed by atoms with van der Waals surface area (Å²) in [4.78, 5) is 8.56. The van der Waals surface area contributed by atoms with E-state index in [1.165, 1.54) is 0 Å². The molecule has 2 aromatic rings. The Hall–Kier alpha value is -2.56. The van der Waals surface area contributed by atoms with Crippen LogP contribution in [0.5, 0.6) is 5.75 Å². The minimum Gasteiger partial charge on any atom is -0.485 e. The van der Waals surface area contributed by atoms with Crippen LogP contribution in [0.4, 0.5) is 11.8 Å². The monoisotopic (exact) mass is 413 g/mol. The lowest BCUT2D eigenvalue weighted by molar-refractivity contribution is 0.191. The van der Waals surface area contributed by atoms with E-state index >= 15 is 0 Å². The van der Waals surface area contributed by atoms with E-state index in [-0.39, 0.29) is 35.8 Å². The predicted octanol–water partition coefficient (Wildman–Crippen LogP) is 3.32. The second kappa shape index (κ2) is 7.69. The van der Waals surface area contributed by atoms with E-state index in [1.54, 1.807) is 12.1 Å². The van der Waals surface area contributed by atoms with Gasteiger partial charge in [-0.05, 0) is 47.9 Å². The molecule has 4 N–H and O–H groups in total. The Morgan fingerprint density at radius 1 is 1.34 bits per heavy atom. The minimum absolute atomic E-state index is 0.0981. The molecule has 0 bridgehead atoms. The maximum Gasteiger partial charge on any atom is 0.223 e. The average molecular weight is 414 g/mol. The number of anilines is 2. The van der Waals surface area contributed by atoms with Gasteiger partial charge in [0.25, 0.3) is 0 Å². The molecule has 5 atom stereocenters. The Kier molecular flexibility index (Phi) is 5.24. The molecule has 1 aromatic heterocycles. The first-order valence-electron chi connectivity index (χ1n) is 9.81. The number of nitrogens with one attached hydrogen (secondary N) is 1. The lowest BCUT2D eigenvalue weighted by Gasteiger charge is -2.24. The molecular formula is C21H24ClN5O2. The fourth-order valence-corrected chi connectivity index (χ4v) is 4.79. The number of benzene rings is 1. The van der Waals surface area contributed by atoms with Crippen molar-refractivity contribution in [3.05, 3.63) is 40.0 Å². The van der Waals surface area contributed by atoms with Gasteiger partial charge in [0.05, 0.1) is 17.2 Å². The molecule has 29 heavy (non-hydrogen) atoms. The second-order valence-corrected chi connectivity index (χ2v) is 8.39. The molecule has 1 fully saturated rings. The molecule has 0 radical (unpaired) electrons. The van der Waals surface area contributed by atoms with Crippen LogP contribution in [-0.2, 0) is 6.42 Å². The molecule has 4 rings (SSSR count). The summed E-state index contributed by atoms with van der Waals surface area (Å²) in [6, 6.07) is 7.67. The quantitative estimate of drug-likeness (QED) is 0.658. The highest BCUT2D eigenvalue weighted by atomic mass is 35.5. The van der Waals surface area contributed by atoms with Crippen LogP contribution in [0.15, 0.2) is 18.2 Å². The van der Waals surface area contributed by atoms with Gasteiger partial charge < -0.3 is 20.9 Å². The van der Waals surface area contributed by atoms with E-state index < -0.39 is 0 Å².